The number of nitrogens with zero attached hydrogens (tertiary/aromatic N) is 6. The van der Waals surface area contributed by atoms with Crippen molar-refractivity contribution in [3.05, 3.63) is 473 Å². The molecule has 6 nitrogen and oxygen atoms in total. The van der Waals surface area contributed by atoms with E-state index < -0.39 is 0 Å². The molecule has 9 heteroatoms. The van der Waals surface area contributed by atoms with Crippen LogP contribution in [0.1, 0.15) is 0 Å². The van der Waals surface area contributed by atoms with E-state index in [4.69, 9.17) is 0 Å². The number of benzene rings is 21. The van der Waals surface area contributed by atoms with E-state index >= 15 is 0 Å². The van der Waals surface area contributed by atoms with Gasteiger partial charge in [-0.1, -0.05) is 309 Å². The third-order valence-corrected chi connectivity index (χ3v) is 31.5. The molecule has 0 N–H and O–H groups in total. The second kappa shape index (κ2) is 30.9. The maximum atomic E-state index is 2.49. The van der Waals surface area contributed by atoms with Gasteiger partial charge in [0.1, 0.15) is 0 Å². The van der Waals surface area contributed by atoms with Crippen LogP contribution in [0.25, 0.3) is 259 Å². The fourth-order valence-corrected chi connectivity index (χ4v) is 25.3. The largest absolute Gasteiger partial charge is 0.309 e. The smallest absolute Gasteiger partial charge is 0.0640 e. The quantitative estimate of drug-likeness (QED) is 0.138. The molecule has 9 heterocycles. The minimum atomic E-state index is 1.16. The van der Waals surface area contributed by atoms with Gasteiger partial charge in [-0.2, -0.15) is 0 Å². The summed E-state index contributed by atoms with van der Waals surface area (Å²) in [6.07, 6.45) is 0. The van der Waals surface area contributed by atoms with Crippen molar-refractivity contribution < 1.29 is 0 Å². The van der Waals surface area contributed by atoms with Crippen LogP contribution in [0.4, 0.5) is 0 Å². The van der Waals surface area contributed by atoms with Crippen molar-refractivity contribution in [3.8, 4) is 67.5 Å². The number of thiophene rings is 3. The number of fused-ring (bicyclic) bond motifs is 27. The van der Waals surface area contributed by atoms with E-state index in [1.165, 1.54) is 242 Å². The van der Waals surface area contributed by atoms with Gasteiger partial charge in [0.05, 0.1) is 76.6 Å². The summed E-state index contributed by atoms with van der Waals surface area (Å²) >= 11 is 5.62. The van der Waals surface area contributed by atoms with Crippen LogP contribution in [0.3, 0.4) is 0 Å². The Morgan fingerprint density at radius 1 is 0.119 bits per heavy atom. The molecule has 21 aromatic carbocycles. The number of hydrogen-bond acceptors (Lipinski definition) is 3. The number of hydrogen-bond donors (Lipinski definition) is 0. The summed E-state index contributed by atoms with van der Waals surface area (Å²) in [6, 6.07) is 173. The van der Waals surface area contributed by atoms with Crippen LogP contribution in [-0.4, -0.2) is 27.4 Å². The predicted molar refractivity (Wildman–Crippen MR) is 580 cm³/mol. The standard InChI is InChI=1S/3C42H26N2S/c1-2-11-27(12-3-1)28-21-23-29(24-22-28)43-36-17-7-4-13-30(36)34-25-35-31-14-5-8-18-37(31)44(40(35)26-39(34)43)38-19-10-16-33-32-15-6-9-20-41(32)45-42(33)38;1-2-10-27(11-3-1)28-18-20-29(21-19-28)43-37-15-7-4-12-31(37)34-25-35-32-13-5-8-16-38(32)44(40(35)26-39(34)43)30-22-23-42-36(24-30)33-14-6-9-17-41(33)45-42;1-2-10-27(11-3-1)28-18-20-29(21-19-28)43-37-15-7-4-12-31(37)35-25-36-32-13-5-8-16-38(32)44(40(36)26-39(35)43)30-22-23-34-33-14-6-9-17-41(33)45-42(34)24-30/h3*1-26H. The minimum absolute atomic E-state index is 1.16. The van der Waals surface area contributed by atoms with Crippen LogP contribution < -0.4 is 0 Å². The van der Waals surface area contributed by atoms with Crippen molar-refractivity contribution in [2.24, 2.45) is 0 Å². The molecule has 0 saturated carbocycles. The van der Waals surface area contributed by atoms with Gasteiger partial charge in [0.25, 0.3) is 0 Å². The molecule has 0 aliphatic heterocycles. The summed E-state index contributed by atoms with van der Waals surface area (Å²) in [6.45, 7) is 0. The van der Waals surface area contributed by atoms with Crippen LogP contribution in [-0.2, 0) is 0 Å². The summed E-state index contributed by atoms with van der Waals surface area (Å²) in [5.74, 6) is 0. The van der Waals surface area contributed by atoms with E-state index in [2.05, 4.69) is 501 Å². The first kappa shape index (κ1) is 76.9. The number of para-hydroxylation sites is 6. The second-order valence-corrected chi connectivity index (χ2v) is 38.5. The molecule has 0 fully saturated rings. The van der Waals surface area contributed by atoms with E-state index in [0.717, 1.165) is 17.1 Å². The highest BCUT2D eigenvalue weighted by molar-refractivity contribution is 7.26. The second-order valence-electron chi connectivity index (χ2n) is 35.3. The van der Waals surface area contributed by atoms with E-state index in [0.29, 0.717) is 0 Å². The average molecular weight is 1770 g/mol. The van der Waals surface area contributed by atoms with Gasteiger partial charge in [-0.3, -0.25) is 0 Å². The molecule has 0 aliphatic rings. The Kier molecular flexibility index (Phi) is 17.6. The Morgan fingerprint density at radius 2 is 0.370 bits per heavy atom. The first-order valence-electron chi connectivity index (χ1n) is 46.1. The lowest BCUT2D eigenvalue weighted by Gasteiger charge is -2.11. The highest BCUT2D eigenvalue weighted by Gasteiger charge is 2.26. The zero-order valence-electron chi connectivity index (χ0n) is 72.9. The van der Waals surface area contributed by atoms with E-state index in [1.807, 2.05) is 34.0 Å². The Hall–Kier alpha value is -16.9. The molecular weight excluding hydrogens is 1690 g/mol. The van der Waals surface area contributed by atoms with Crippen LogP contribution in [0.2, 0.25) is 0 Å². The third-order valence-electron chi connectivity index (χ3n) is 28.0. The molecule has 0 saturated heterocycles. The molecule has 630 valence electrons. The topological polar surface area (TPSA) is 29.6 Å². The zero-order chi connectivity index (χ0) is 88.5. The third kappa shape index (κ3) is 12.2. The van der Waals surface area contributed by atoms with E-state index in [1.54, 1.807) is 0 Å². The van der Waals surface area contributed by atoms with Gasteiger partial charge in [-0.05, 0) is 197 Å². The van der Waals surface area contributed by atoms with Gasteiger partial charge in [-0.25, -0.2) is 0 Å². The summed E-state index contributed by atoms with van der Waals surface area (Å²) in [5, 5.41) is 23.2. The highest BCUT2D eigenvalue weighted by Crippen LogP contribution is 2.49. The van der Waals surface area contributed by atoms with Crippen LogP contribution in [0, 0.1) is 0 Å². The van der Waals surface area contributed by atoms with Gasteiger partial charge >= 0.3 is 0 Å². The summed E-state index contributed by atoms with van der Waals surface area (Å²) < 4.78 is 22.6. The molecule has 0 radical (unpaired) electrons. The van der Waals surface area contributed by atoms with Crippen LogP contribution >= 0.6 is 34.0 Å². The lowest BCUT2D eigenvalue weighted by atomic mass is 10.1. The summed E-state index contributed by atoms with van der Waals surface area (Å²) in [5.41, 5.74) is 29.1. The number of aromatic nitrogens is 6. The van der Waals surface area contributed by atoms with Gasteiger partial charge in [-0.15, -0.1) is 34.0 Å². The normalized spacial score (nSPS) is 12.0. The molecule has 135 heavy (non-hydrogen) atoms. The lowest BCUT2D eigenvalue weighted by molar-refractivity contribution is 1.17. The molecule has 0 unspecified atom stereocenters. The number of rotatable bonds is 9. The van der Waals surface area contributed by atoms with Crippen molar-refractivity contribution in [1.82, 2.24) is 27.4 Å². The molecule has 30 aromatic rings. The highest BCUT2D eigenvalue weighted by atomic mass is 32.1. The predicted octanol–water partition coefficient (Wildman–Crippen LogP) is 35.7. The van der Waals surface area contributed by atoms with Crippen molar-refractivity contribution in [2.75, 3.05) is 0 Å². The zero-order valence-corrected chi connectivity index (χ0v) is 75.4. The Morgan fingerprint density at radius 3 is 0.756 bits per heavy atom. The average Bonchev–Trinajstić information content (AvgIpc) is 1.55. The molecule has 0 spiro atoms. The van der Waals surface area contributed by atoms with Crippen LogP contribution in [0.5, 0.6) is 0 Å². The van der Waals surface area contributed by atoms with Crippen molar-refractivity contribution in [3.63, 3.8) is 0 Å². The molecule has 9 aromatic heterocycles. The van der Waals surface area contributed by atoms with E-state index in [-0.39, 0.29) is 0 Å². The Bertz CT molecular complexity index is 10000. The first-order valence-corrected chi connectivity index (χ1v) is 48.5. The first-order chi connectivity index (χ1) is 67.0. The van der Waals surface area contributed by atoms with Gasteiger partial charge < -0.3 is 27.4 Å². The molecule has 0 amide bonds. The molecule has 0 bridgehead atoms. The van der Waals surface area contributed by atoms with Crippen molar-refractivity contribution in [2.45, 2.75) is 0 Å². The Balaban J connectivity index is 0.000000101. The Labute approximate surface area is 787 Å². The maximum Gasteiger partial charge on any atom is 0.0640 e. The molecular formula is C126H78N6S3. The van der Waals surface area contributed by atoms with Gasteiger partial charge in [0, 0.05) is 149 Å². The minimum Gasteiger partial charge on any atom is -0.309 e. The monoisotopic (exact) mass is 1770 g/mol. The maximum absolute atomic E-state index is 2.49. The van der Waals surface area contributed by atoms with E-state index in [9.17, 15) is 0 Å². The fraction of sp³-hybridized carbons (Fsp3) is 0. The van der Waals surface area contributed by atoms with Gasteiger partial charge in [0.2, 0.25) is 0 Å². The fourth-order valence-electron chi connectivity index (χ4n) is 21.9. The lowest BCUT2D eigenvalue weighted by Crippen LogP contribution is -1.96. The summed E-state index contributed by atoms with van der Waals surface area (Å²) in [7, 11) is 0. The SMILES string of the molecule is c1ccc(-c2ccc(-n3c4ccccc4c4cc5c6ccccc6n(-c6ccc7c(c6)sc6ccccc67)c5cc43)cc2)cc1.c1ccc(-c2ccc(-n3c4ccccc4c4cc5c6ccccc6n(-c6ccc7sc8ccccc8c7c6)c5cc43)cc2)cc1.c1ccc(-c2ccc(-n3c4ccccc4c4cc5c6ccccc6n(-c6cccc7c6sc6ccccc67)c5cc43)cc2)cc1. The molecule has 30 rings (SSSR count). The van der Waals surface area contributed by atoms with Crippen molar-refractivity contribution in [1.29, 1.82) is 0 Å². The molecule has 0 aliphatic carbocycles. The van der Waals surface area contributed by atoms with Crippen molar-refractivity contribution >= 4 is 225 Å². The van der Waals surface area contributed by atoms with Crippen LogP contribution in [0.15, 0.2) is 473 Å². The molecule has 0 atom stereocenters. The van der Waals surface area contributed by atoms with Gasteiger partial charge in [0.15, 0.2) is 0 Å². The summed E-state index contributed by atoms with van der Waals surface area (Å²) in [4.78, 5) is 0.